The van der Waals surface area contributed by atoms with Crippen LogP contribution >= 0.6 is 73.9 Å². The maximum Gasteiger partial charge on any atom is 0.423 e. The second-order valence-corrected chi connectivity index (χ2v) is 36.7. The van der Waals surface area contributed by atoms with E-state index in [1.807, 2.05) is 30.3 Å². The highest BCUT2D eigenvalue weighted by Crippen LogP contribution is 2.48. The van der Waals surface area contributed by atoms with Crippen LogP contribution in [0.3, 0.4) is 0 Å². The summed E-state index contributed by atoms with van der Waals surface area (Å²) in [6.07, 6.45) is 11.6. The number of halogens is 6. The van der Waals surface area contributed by atoms with Crippen LogP contribution in [-0.2, 0) is 19.1 Å². The molecule has 0 radical (unpaired) electrons. The summed E-state index contributed by atoms with van der Waals surface area (Å²) >= 11 is 34.7. The number of nitro groups is 3. The van der Waals surface area contributed by atoms with E-state index >= 15 is 0 Å². The van der Waals surface area contributed by atoms with Gasteiger partial charge in [-0.3, -0.25) is 54.5 Å². The molecule has 4 aliphatic rings. The first-order valence-corrected chi connectivity index (χ1v) is 46.5. The minimum absolute atomic E-state index is 0.00719. The van der Waals surface area contributed by atoms with Gasteiger partial charge in [0.15, 0.2) is 0 Å². The number of hydrogen-bond donors (Lipinski definition) is 7. The molecule has 0 aliphatic carbocycles. The Morgan fingerprint density at radius 3 is 1.30 bits per heavy atom. The Morgan fingerprint density at radius 2 is 0.892 bits per heavy atom. The van der Waals surface area contributed by atoms with Crippen LogP contribution in [0.25, 0.3) is 0 Å². The Bertz CT molecular complexity index is 5550. The molecule has 8 N–H and O–H groups in total. The summed E-state index contributed by atoms with van der Waals surface area (Å²) in [6.45, 7) is 19.0. The second-order valence-electron chi connectivity index (χ2n) is 33.9. The molecule has 139 heavy (non-hydrogen) atoms. The van der Waals surface area contributed by atoms with Crippen molar-refractivity contribution in [3.05, 3.63) is 182 Å². The molecule has 4 aliphatic heterocycles. The highest BCUT2D eigenvalue weighted by atomic mass is 79.9. The highest BCUT2D eigenvalue weighted by Gasteiger charge is 2.38. The van der Waals surface area contributed by atoms with Gasteiger partial charge in [-0.15, -0.1) is 0 Å². The van der Waals surface area contributed by atoms with Crippen LogP contribution in [0.2, 0.25) is 25.2 Å². The number of nitrogen functional groups attached to an aromatic ring is 1. The number of nitrogens with one attached hydrogen (secondary N) is 6. The van der Waals surface area contributed by atoms with Crippen molar-refractivity contribution in [3.63, 3.8) is 0 Å². The Hall–Kier alpha value is -12.2. The molecule has 12 rings (SSSR count). The molecule has 8 amide bonds. The number of carbonyl (C=O) groups is 6. The Balaban J connectivity index is 0.000000242. The first kappa shape index (κ1) is 114. The van der Waals surface area contributed by atoms with E-state index in [1.54, 1.807) is 57.2 Å². The fourth-order valence-corrected chi connectivity index (χ4v) is 16.6. The number of nitro benzene ring substituents is 3. The summed E-state index contributed by atoms with van der Waals surface area (Å²) in [7, 11) is 25.4. The van der Waals surface area contributed by atoms with Crippen LogP contribution in [-0.4, -0.2) is 271 Å². The summed E-state index contributed by atoms with van der Waals surface area (Å²) in [5.74, 6) is 0.618. The van der Waals surface area contributed by atoms with E-state index in [1.165, 1.54) is 136 Å². The summed E-state index contributed by atoms with van der Waals surface area (Å²) in [5, 5.41) is 49.9. The fourth-order valence-electron chi connectivity index (χ4n) is 14.8. The van der Waals surface area contributed by atoms with Crippen molar-refractivity contribution in [2.45, 2.75) is 116 Å². The Labute approximate surface area is 842 Å². The van der Waals surface area contributed by atoms with Gasteiger partial charge in [0.2, 0.25) is 17.7 Å². The van der Waals surface area contributed by atoms with Gasteiger partial charge >= 0.3 is 18.2 Å². The number of hydrogen-bond acceptors (Lipinski definition) is 31. The number of nitrogens with two attached hydrogens (primary N) is 1. The van der Waals surface area contributed by atoms with Gasteiger partial charge in [-0.25, -0.2) is 34.3 Å². The van der Waals surface area contributed by atoms with E-state index in [0.717, 1.165) is 106 Å². The van der Waals surface area contributed by atoms with Crippen molar-refractivity contribution in [1.29, 1.82) is 0 Å². The largest absolute Gasteiger partial charge is 0.495 e. The summed E-state index contributed by atoms with van der Waals surface area (Å²) in [4.78, 5) is 140. The van der Waals surface area contributed by atoms with Gasteiger partial charge in [0, 0.05) is 155 Å². The van der Waals surface area contributed by atoms with E-state index in [9.17, 15) is 59.1 Å². The molecule has 754 valence electrons. The third-order valence-electron chi connectivity index (χ3n) is 22.5. The lowest BCUT2D eigenvalue weighted by Crippen LogP contribution is -2.47. The molecule has 0 bridgehead atoms. The van der Waals surface area contributed by atoms with E-state index in [0.29, 0.717) is 44.7 Å². The van der Waals surface area contributed by atoms with Crippen molar-refractivity contribution in [1.82, 2.24) is 44.9 Å². The van der Waals surface area contributed by atoms with Crippen LogP contribution in [0.5, 0.6) is 23.0 Å². The van der Waals surface area contributed by atoms with Gasteiger partial charge in [-0.05, 0) is 202 Å². The number of piperidine rings is 4. The van der Waals surface area contributed by atoms with Gasteiger partial charge in [-0.1, -0.05) is 80.5 Å². The van der Waals surface area contributed by atoms with E-state index in [4.69, 9.17) is 87.4 Å². The number of urea groups is 2. The molecule has 2 aromatic heterocycles. The predicted octanol–water partition coefficient (Wildman–Crippen LogP) is 17.7. The lowest BCUT2D eigenvalue weighted by molar-refractivity contribution is -0.384. The number of anilines is 13. The number of benzene rings is 6. The second kappa shape index (κ2) is 53.8. The number of carbonyl (C=O) groups excluding carboxylic acids is 6. The van der Waals surface area contributed by atoms with E-state index in [2.05, 4.69) is 165 Å². The standard InChI is InChI=1S/C30H36Cl2N8O4.C19H21Cl3N4O5.C15H22N4O3.C13H20N4O2.C8H7BrN2O3.C7H16N2/c1-7-26(41)36-21-14-19(40-12-10-18(11-13-40)38(2)3)8-9-20(21)35-24-16-25(34-17-33-24)39(4)30(42)37-29-27(31)22(43-5)15-23(44-6)28(29)32;1-19(2,3)31-18(28)26(17(27)25(4)13-8-12(20)23-9-24-13)16-14(21)10(29-5)7-11(30-6)15(16)22;1-11(20)16-14-5-4-13(10-15(14)19(21)22)18-8-6-12(7-9-18)17(2)3;1-15(2)10-5-7-16(8-6-10)11-3-4-12(14)13(9-11)17(18)19;1-5(12)10-7-3-2-6(9)4-8(7)11(13)14;1-9(2)7-3-5-8-6-4-7/h7-9,14-18H,1,10-13H2,2-6H3,(H,36,41)(H,37,42)(H,33,34,35);7-9H,1-6H3;4-5,10,12H,6-9H2,1-3H3,(H,16,20);3-4,9-10H,5-8,14H2,1-2H3;2-4H,1H3,(H,10,12);7-8H,3-6H2,1-2H3. The maximum absolute atomic E-state index is 13.4. The zero-order valence-corrected chi connectivity index (χ0v) is 86.6. The molecule has 0 atom stereocenters. The first-order chi connectivity index (χ1) is 65.6. The maximum atomic E-state index is 13.4. The summed E-state index contributed by atoms with van der Waals surface area (Å²) < 4.78 is 27.1. The molecule has 4 fully saturated rings. The third kappa shape index (κ3) is 33.2. The zero-order valence-electron chi connectivity index (χ0n) is 81.2. The Kier molecular flexibility index (Phi) is 44.0. The van der Waals surface area contributed by atoms with Crippen LogP contribution in [0.4, 0.5) is 106 Å². The average Bonchev–Trinajstić information content (AvgIpc) is 0.774. The van der Waals surface area contributed by atoms with Crippen LogP contribution in [0.15, 0.2) is 127 Å². The lowest BCUT2D eigenvalue weighted by atomic mass is 10.0. The van der Waals surface area contributed by atoms with Gasteiger partial charge in [0.05, 0.1) is 60.3 Å². The molecule has 41 nitrogen and oxygen atoms in total. The molecular formula is C92H122BrCl5N24O17. The van der Waals surface area contributed by atoms with Crippen molar-refractivity contribution in [3.8, 4) is 23.0 Å². The summed E-state index contributed by atoms with van der Waals surface area (Å²) in [5.41, 5.74) is 8.98. The van der Waals surface area contributed by atoms with Gasteiger partial charge in [0.25, 0.3) is 17.1 Å². The van der Waals surface area contributed by atoms with Gasteiger partial charge in [-0.2, -0.15) is 4.90 Å². The molecule has 47 heteroatoms. The quantitative estimate of drug-likeness (QED) is 0.00971. The van der Waals surface area contributed by atoms with Crippen LogP contribution in [0, 0.1) is 30.3 Å². The first-order valence-electron chi connectivity index (χ1n) is 43.8. The molecule has 8 aromatic rings. The minimum atomic E-state index is -1.02. The lowest BCUT2D eigenvalue weighted by Gasteiger charge is -2.36. The van der Waals surface area contributed by atoms with Crippen molar-refractivity contribution < 1.29 is 67.2 Å². The highest BCUT2D eigenvalue weighted by molar-refractivity contribution is 9.10. The third-order valence-corrected chi connectivity index (χ3v) is 24.7. The average molecular weight is 2090 g/mol. The van der Waals surface area contributed by atoms with Crippen LogP contribution in [0.1, 0.15) is 86.0 Å². The Morgan fingerprint density at radius 1 is 0.496 bits per heavy atom. The van der Waals surface area contributed by atoms with E-state index in [-0.39, 0.29) is 123 Å². The molecule has 6 aromatic carbocycles. The molecule has 6 heterocycles. The van der Waals surface area contributed by atoms with Crippen molar-refractivity contribution in [2.75, 3.05) is 213 Å². The smallest absolute Gasteiger partial charge is 0.423 e. The monoisotopic (exact) mass is 2090 g/mol. The predicted molar refractivity (Wildman–Crippen MR) is 553 cm³/mol. The normalized spacial score (nSPS) is 13.9. The SMILES string of the molecule is C=CC(=O)Nc1cc(N2CCC(N(C)C)CC2)ccc1Nc1cc(N(C)C(=O)Nc2c(Cl)c(OC)cc(OC)c2Cl)ncn1.CC(=O)Nc1ccc(Br)cc1[N+](=O)[O-].CC(=O)Nc1ccc(N2CCC(N(C)C)CC2)cc1[N+](=O)[O-].CN(C)C1CCN(c2ccc(N)c([N+](=O)[O-])c2)CC1.CN(C)C1CCNCC1.COc1cc(OC)c(Cl)c(N(C(=O)OC(C)(C)C)C(=O)N(C)c2cc(Cl)ncn2)c1Cl. The molecule has 4 saturated heterocycles. The summed E-state index contributed by atoms with van der Waals surface area (Å²) in [6, 6.07) is 27.3. The number of methoxy groups -OCH3 is 4. The zero-order chi connectivity index (χ0) is 103. The molecule has 0 saturated carbocycles. The van der Waals surface area contributed by atoms with Crippen molar-refractivity contribution in [2.24, 2.45) is 0 Å². The number of nitrogens with zero attached hydrogens (tertiary/aromatic N) is 17. The minimum Gasteiger partial charge on any atom is -0.495 e. The number of imide groups is 1. The van der Waals surface area contributed by atoms with Gasteiger partial charge in [0.1, 0.15) is 107 Å². The number of amides is 8. The molecular weight excluding hydrogens is 1970 g/mol. The van der Waals surface area contributed by atoms with Crippen LogP contribution < -0.4 is 86.0 Å². The van der Waals surface area contributed by atoms with Gasteiger partial charge < -0.3 is 95.6 Å². The topological polar surface area (TPSA) is 460 Å². The fraction of sp³-hybridized carbons (Fsp3) is 0.435. The molecule has 0 spiro atoms. The number of rotatable bonds is 24. The van der Waals surface area contributed by atoms with Crippen molar-refractivity contribution >= 4 is 201 Å². The number of aromatic nitrogens is 4. The van der Waals surface area contributed by atoms with E-state index < -0.39 is 38.5 Å². The number of ether oxygens (including phenoxy) is 5. The molecule has 0 unspecified atom stereocenters.